The lowest BCUT2D eigenvalue weighted by Crippen LogP contribution is -2.52. The van der Waals surface area contributed by atoms with Crippen LogP contribution in [0.4, 0.5) is 0 Å². The van der Waals surface area contributed by atoms with Crippen molar-refractivity contribution >= 4 is 58.3 Å². The molecule has 0 heterocycles. The Morgan fingerprint density at radius 2 is 1.53 bits per heavy atom. The molecule has 36 heavy (non-hydrogen) atoms. The van der Waals surface area contributed by atoms with E-state index in [-0.39, 0.29) is 65.2 Å². The van der Waals surface area contributed by atoms with Crippen molar-refractivity contribution < 1.29 is 19.1 Å². The van der Waals surface area contributed by atoms with Crippen molar-refractivity contribution in [1.29, 1.82) is 0 Å². The van der Waals surface area contributed by atoms with Crippen LogP contribution in [0.1, 0.15) is 6.42 Å². The molecule has 4 nitrogen and oxygen atoms in total. The van der Waals surface area contributed by atoms with E-state index in [2.05, 4.69) is 0 Å². The first-order valence-electron chi connectivity index (χ1n) is 13.3. The van der Waals surface area contributed by atoms with E-state index in [1.54, 1.807) is 18.3 Å². The van der Waals surface area contributed by atoms with Crippen LogP contribution in [-0.4, -0.2) is 26.2 Å². The minimum Gasteiger partial charge on any atom is -0.469 e. The van der Waals surface area contributed by atoms with E-state index in [0.717, 1.165) is 6.42 Å². The van der Waals surface area contributed by atoms with E-state index in [4.69, 9.17) is 55.9 Å². The van der Waals surface area contributed by atoms with Crippen molar-refractivity contribution in [3.05, 3.63) is 31.3 Å². The fraction of sp³-hybridized carbons (Fsp3) is 0.714. The molecule has 11 rings (SSSR count). The number of methoxy groups -OCH3 is 2. The minimum absolute atomic E-state index is 0.0194. The van der Waals surface area contributed by atoms with E-state index >= 15 is 0 Å². The minimum atomic E-state index is -0.589. The first-order chi connectivity index (χ1) is 17.3. The van der Waals surface area contributed by atoms with Gasteiger partial charge in [-0.25, -0.2) is 0 Å². The maximum Gasteiger partial charge on any atom is 0.313 e. The Bertz CT molecular complexity index is 1440. The van der Waals surface area contributed by atoms with Crippen LogP contribution in [0.2, 0.25) is 0 Å². The molecule has 1 spiro atoms. The van der Waals surface area contributed by atoms with Crippen LogP contribution in [0.5, 0.6) is 0 Å². The summed E-state index contributed by atoms with van der Waals surface area (Å²) < 4.78 is 11.3. The van der Waals surface area contributed by atoms with E-state index in [1.807, 2.05) is 0 Å². The molecule has 0 aliphatic heterocycles. The lowest BCUT2D eigenvalue weighted by Gasteiger charge is -2.54. The van der Waals surface area contributed by atoms with Gasteiger partial charge in [0.1, 0.15) is 0 Å². The van der Waals surface area contributed by atoms with E-state index < -0.39 is 16.2 Å². The smallest absolute Gasteiger partial charge is 0.313 e. The van der Waals surface area contributed by atoms with Gasteiger partial charge in [0.25, 0.3) is 0 Å². The molecular weight excluding hydrogens is 542 g/mol. The van der Waals surface area contributed by atoms with Crippen molar-refractivity contribution in [2.24, 2.45) is 99.1 Å². The van der Waals surface area contributed by atoms with Gasteiger partial charge < -0.3 is 9.47 Å². The molecule has 0 aromatic heterocycles. The van der Waals surface area contributed by atoms with Crippen LogP contribution in [0.3, 0.4) is 0 Å². The molecule has 8 fully saturated rings. The molecule has 11 aliphatic rings. The third-order valence-corrected chi connectivity index (χ3v) is 16.8. The molecule has 0 bridgehead atoms. The van der Waals surface area contributed by atoms with Gasteiger partial charge in [0.05, 0.1) is 35.6 Å². The zero-order valence-corrected chi connectivity index (χ0v) is 22.5. The predicted molar refractivity (Wildman–Crippen MR) is 129 cm³/mol. The van der Waals surface area contributed by atoms with E-state index in [1.165, 1.54) is 7.11 Å². The maximum atomic E-state index is 14.3. The molecule has 186 valence electrons. The largest absolute Gasteiger partial charge is 0.469 e. The van der Waals surface area contributed by atoms with Gasteiger partial charge >= 0.3 is 11.9 Å². The summed E-state index contributed by atoms with van der Waals surface area (Å²) in [4.78, 5) is 28.1. The van der Waals surface area contributed by atoms with Gasteiger partial charge in [0.15, 0.2) is 0 Å². The Morgan fingerprint density at radius 1 is 0.806 bits per heavy atom. The zero-order chi connectivity index (χ0) is 24.3. The van der Waals surface area contributed by atoms with Crippen LogP contribution >= 0.6 is 46.4 Å². The Kier molecular flexibility index (Phi) is 2.88. The number of esters is 2. The quantitative estimate of drug-likeness (QED) is 0.345. The monoisotopic (exact) mass is 562 g/mol. The molecule has 17 atom stereocenters. The lowest BCUT2D eigenvalue weighted by molar-refractivity contribution is -0.160. The molecule has 0 saturated heterocycles. The van der Waals surface area contributed by atoms with Gasteiger partial charge in [0.2, 0.25) is 0 Å². The second-order valence-electron chi connectivity index (χ2n) is 13.7. The summed E-state index contributed by atoms with van der Waals surface area (Å²) in [6.07, 6.45) is 1.10. The van der Waals surface area contributed by atoms with Crippen LogP contribution in [-0.2, 0) is 19.1 Å². The van der Waals surface area contributed by atoms with Crippen molar-refractivity contribution in [2.45, 2.75) is 6.42 Å². The summed E-state index contributed by atoms with van der Waals surface area (Å²) in [5.41, 5.74) is 1.44. The van der Waals surface area contributed by atoms with Crippen molar-refractivity contribution in [2.75, 3.05) is 14.2 Å². The number of fused-ring (bicyclic) bond motifs is 2. The first-order valence-corrected chi connectivity index (χ1v) is 14.8. The number of halogens is 4. The summed E-state index contributed by atoms with van der Waals surface area (Å²) in [6, 6.07) is 0. The number of allylic oxidation sites excluding steroid dienone is 6. The zero-order valence-electron chi connectivity index (χ0n) is 19.4. The van der Waals surface area contributed by atoms with Crippen molar-refractivity contribution in [3.63, 3.8) is 0 Å². The molecular formula is C28H22Cl4O4. The highest BCUT2D eigenvalue weighted by atomic mass is 35.5. The third kappa shape index (κ3) is 1.23. The molecule has 8 saturated carbocycles. The van der Waals surface area contributed by atoms with Gasteiger partial charge in [0, 0.05) is 26.8 Å². The maximum absolute atomic E-state index is 14.3. The van der Waals surface area contributed by atoms with Gasteiger partial charge in [-0.15, -0.1) is 0 Å². The van der Waals surface area contributed by atoms with Crippen molar-refractivity contribution in [3.8, 4) is 0 Å². The summed E-state index contributed by atoms with van der Waals surface area (Å²) in [5.74, 6) is 2.83. The van der Waals surface area contributed by atoms with E-state index in [9.17, 15) is 9.59 Å². The Morgan fingerprint density at radius 3 is 2.22 bits per heavy atom. The molecule has 0 N–H and O–H groups in total. The van der Waals surface area contributed by atoms with E-state index in [0.29, 0.717) is 49.7 Å². The Balaban J connectivity index is 1.39. The SMILES string of the molecule is COC(=O)C1C2C3=C4C5C6C3CC3C6C6C5C5(C(=O)OC)C4C2C2C1C31C(Cl)=C(Cl)C(Cl)=C(Cl)C61C25. The van der Waals surface area contributed by atoms with Crippen LogP contribution in [0.25, 0.3) is 0 Å². The predicted octanol–water partition coefficient (Wildman–Crippen LogP) is 5.13. The molecule has 0 amide bonds. The molecule has 8 heteroatoms. The number of hydrogen-bond acceptors (Lipinski definition) is 4. The number of hydrogen-bond donors (Lipinski definition) is 0. The van der Waals surface area contributed by atoms with Gasteiger partial charge in [-0.1, -0.05) is 57.5 Å². The highest BCUT2D eigenvalue weighted by Crippen LogP contribution is 3.05. The summed E-state index contributed by atoms with van der Waals surface area (Å²) in [7, 11) is 3.06. The number of carbonyl (C=O) groups excluding carboxylic acids is 2. The highest BCUT2D eigenvalue weighted by Gasteiger charge is 3.04. The van der Waals surface area contributed by atoms with Gasteiger partial charge in [-0.2, -0.15) is 0 Å². The van der Waals surface area contributed by atoms with Crippen molar-refractivity contribution in [1.82, 2.24) is 0 Å². The normalized spacial score (nSPS) is 66.7. The number of carbonyl (C=O) groups is 2. The standard InChI is InChI=1S/C28H22Cl4O4/c1-35-24(33)14-9-7-4-3-5-8-6(4)11-10(7)15-12(9)13-16(14)27(5)22(31)19(29)20(30)23(32)28(27)18(8)17(11)26(15,21(13)28)25(34)36-2/h4-6,8-9,11-18,21H,3H2,1-2H3. The number of rotatable bonds is 2. The number of ether oxygens (including phenoxy) is 2. The molecule has 0 radical (unpaired) electrons. The summed E-state index contributed by atoms with van der Waals surface area (Å²) >= 11 is 28.9. The fourth-order valence-electron chi connectivity index (χ4n) is 15.9. The topological polar surface area (TPSA) is 52.6 Å². The average Bonchev–Trinajstić information content (AvgIpc) is 3.66. The summed E-state index contributed by atoms with van der Waals surface area (Å²) in [6.45, 7) is 0. The molecule has 0 aromatic rings. The Labute approximate surface area is 227 Å². The lowest BCUT2D eigenvalue weighted by atomic mass is 9.51. The summed E-state index contributed by atoms with van der Waals surface area (Å²) in [5, 5.41) is 1.94. The molecule has 0 aromatic carbocycles. The highest BCUT2D eigenvalue weighted by molar-refractivity contribution is 6.52. The van der Waals surface area contributed by atoms with Crippen LogP contribution < -0.4 is 0 Å². The molecule has 11 aliphatic carbocycles. The second kappa shape index (κ2) is 5.11. The molecule has 17 unspecified atom stereocenters. The Hall–Kier alpha value is -0.680. The van der Waals surface area contributed by atoms with Crippen LogP contribution in [0.15, 0.2) is 31.3 Å². The van der Waals surface area contributed by atoms with Crippen LogP contribution in [0, 0.1) is 99.1 Å². The average molecular weight is 564 g/mol. The third-order valence-electron chi connectivity index (χ3n) is 14.8. The van der Waals surface area contributed by atoms with Gasteiger partial charge in [-0.05, 0) is 77.4 Å². The first kappa shape index (κ1) is 20.3. The fourth-order valence-corrected chi connectivity index (χ4v) is 17.5. The second-order valence-corrected chi connectivity index (χ2v) is 15.2. The van der Waals surface area contributed by atoms with Gasteiger partial charge in [-0.3, -0.25) is 9.59 Å².